The van der Waals surface area contributed by atoms with E-state index < -0.39 is 10.0 Å². The molecule has 2 heterocycles. The summed E-state index contributed by atoms with van der Waals surface area (Å²) in [6.45, 7) is 0.0799. The fourth-order valence-electron chi connectivity index (χ4n) is 3.03. The molecule has 10 heteroatoms. The molecule has 0 atom stereocenters. The van der Waals surface area contributed by atoms with Crippen LogP contribution in [0.25, 0.3) is 11.3 Å². The van der Waals surface area contributed by atoms with Gasteiger partial charge in [-0.3, -0.25) is 4.98 Å². The summed E-state index contributed by atoms with van der Waals surface area (Å²) in [4.78, 5) is 12.7. The molecule has 0 saturated carbocycles. The Balaban J connectivity index is 1.50. The second-order valence-electron chi connectivity index (χ2n) is 7.19. The zero-order valence-corrected chi connectivity index (χ0v) is 18.6. The molecule has 33 heavy (non-hydrogen) atoms. The Labute approximate surface area is 191 Å². The van der Waals surface area contributed by atoms with Crippen molar-refractivity contribution in [2.24, 2.45) is 0 Å². The average molecular weight is 463 g/mol. The Morgan fingerprint density at radius 1 is 0.939 bits per heavy atom. The lowest BCUT2D eigenvalue weighted by Crippen LogP contribution is -2.21. The summed E-state index contributed by atoms with van der Waals surface area (Å²) in [5, 5.41) is 3.23. The van der Waals surface area contributed by atoms with Crippen molar-refractivity contribution >= 4 is 27.5 Å². The van der Waals surface area contributed by atoms with Crippen molar-refractivity contribution < 1.29 is 13.2 Å². The standard InChI is InChI=1S/C23H22N6O3S/c1-33(30,31)26-15-18-13-20(10-11-25-18)32-19-9-5-8-17(12-19)27-22-14-21(28-23(24)29-22)16-6-3-2-4-7-16/h2-14,26H,15H2,1H3,(H3,24,27,28,29). The molecular formula is C23H22N6O3S. The normalized spacial score (nSPS) is 11.2. The molecule has 0 aliphatic rings. The molecule has 4 N–H and O–H groups in total. The number of ether oxygens (including phenoxy) is 1. The molecule has 0 aliphatic heterocycles. The quantitative estimate of drug-likeness (QED) is 0.361. The van der Waals surface area contributed by atoms with E-state index in [1.165, 1.54) is 0 Å². The highest BCUT2D eigenvalue weighted by Crippen LogP contribution is 2.27. The van der Waals surface area contributed by atoms with Gasteiger partial charge in [0.05, 0.1) is 24.2 Å². The van der Waals surface area contributed by atoms with Crippen LogP contribution in [-0.2, 0) is 16.6 Å². The number of aromatic nitrogens is 3. The van der Waals surface area contributed by atoms with E-state index in [1.807, 2.05) is 60.7 Å². The highest BCUT2D eigenvalue weighted by atomic mass is 32.2. The van der Waals surface area contributed by atoms with E-state index in [0.717, 1.165) is 17.5 Å². The first-order chi connectivity index (χ1) is 15.8. The van der Waals surface area contributed by atoms with Crippen molar-refractivity contribution in [3.8, 4) is 22.8 Å². The van der Waals surface area contributed by atoms with Crippen LogP contribution < -0.4 is 20.5 Å². The van der Waals surface area contributed by atoms with Gasteiger partial charge >= 0.3 is 0 Å². The summed E-state index contributed by atoms with van der Waals surface area (Å²) in [5.41, 5.74) is 8.85. The summed E-state index contributed by atoms with van der Waals surface area (Å²) >= 11 is 0. The van der Waals surface area contributed by atoms with Gasteiger partial charge in [-0.25, -0.2) is 18.1 Å². The number of nitrogens with zero attached hydrogens (tertiary/aromatic N) is 3. The van der Waals surface area contributed by atoms with Crippen LogP contribution in [0.2, 0.25) is 0 Å². The number of anilines is 3. The molecule has 2 aromatic carbocycles. The molecule has 4 rings (SSSR count). The molecule has 0 radical (unpaired) electrons. The van der Waals surface area contributed by atoms with Gasteiger partial charge in [0, 0.05) is 35.6 Å². The predicted octanol–water partition coefficient (Wildman–Crippen LogP) is 3.71. The minimum Gasteiger partial charge on any atom is -0.457 e. The Morgan fingerprint density at radius 3 is 2.52 bits per heavy atom. The van der Waals surface area contributed by atoms with Crippen LogP contribution in [0.4, 0.5) is 17.5 Å². The smallest absolute Gasteiger partial charge is 0.222 e. The van der Waals surface area contributed by atoms with Crippen molar-refractivity contribution in [2.75, 3.05) is 17.3 Å². The Morgan fingerprint density at radius 2 is 1.73 bits per heavy atom. The van der Waals surface area contributed by atoms with Crippen molar-refractivity contribution in [3.63, 3.8) is 0 Å². The molecule has 0 unspecified atom stereocenters. The largest absolute Gasteiger partial charge is 0.457 e. The predicted molar refractivity (Wildman–Crippen MR) is 128 cm³/mol. The molecule has 0 amide bonds. The van der Waals surface area contributed by atoms with E-state index in [4.69, 9.17) is 10.5 Å². The maximum Gasteiger partial charge on any atom is 0.222 e. The van der Waals surface area contributed by atoms with Crippen molar-refractivity contribution in [2.45, 2.75) is 6.54 Å². The van der Waals surface area contributed by atoms with Crippen LogP contribution in [0, 0.1) is 0 Å². The fraction of sp³-hybridized carbons (Fsp3) is 0.0870. The van der Waals surface area contributed by atoms with Crippen LogP contribution in [-0.4, -0.2) is 29.6 Å². The van der Waals surface area contributed by atoms with Gasteiger partial charge < -0.3 is 15.8 Å². The average Bonchev–Trinajstić information content (AvgIpc) is 2.78. The molecule has 2 aromatic heterocycles. The number of rotatable bonds is 8. The van der Waals surface area contributed by atoms with E-state index in [1.54, 1.807) is 18.3 Å². The van der Waals surface area contributed by atoms with Crippen molar-refractivity contribution in [1.29, 1.82) is 0 Å². The lowest BCUT2D eigenvalue weighted by molar-refractivity contribution is 0.481. The van der Waals surface area contributed by atoms with Crippen LogP contribution >= 0.6 is 0 Å². The van der Waals surface area contributed by atoms with E-state index in [-0.39, 0.29) is 12.5 Å². The SMILES string of the molecule is CS(=O)(=O)NCc1cc(Oc2cccc(Nc3cc(-c4ccccc4)nc(N)n3)c2)ccn1. The monoisotopic (exact) mass is 462 g/mol. The fourth-order valence-corrected chi connectivity index (χ4v) is 3.44. The maximum absolute atomic E-state index is 11.3. The Kier molecular flexibility index (Phi) is 6.48. The number of nitrogen functional groups attached to an aromatic ring is 1. The van der Waals surface area contributed by atoms with Gasteiger partial charge in [-0.15, -0.1) is 0 Å². The zero-order chi connectivity index (χ0) is 23.3. The van der Waals surface area contributed by atoms with Crippen molar-refractivity contribution in [3.05, 3.63) is 84.7 Å². The molecule has 0 aliphatic carbocycles. The van der Waals surface area contributed by atoms with E-state index in [9.17, 15) is 8.42 Å². The van der Waals surface area contributed by atoms with Crippen molar-refractivity contribution in [1.82, 2.24) is 19.7 Å². The number of pyridine rings is 1. The van der Waals surface area contributed by atoms with Crippen LogP contribution in [0.3, 0.4) is 0 Å². The van der Waals surface area contributed by atoms with Crippen LogP contribution in [0.1, 0.15) is 5.69 Å². The summed E-state index contributed by atoms with van der Waals surface area (Å²) < 4.78 is 30.9. The minimum absolute atomic E-state index is 0.0799. The zero-order valence-electron chi connectivity index (χ0n) is 17.8. The molecular weight excluding hydrogens is 440 g/mol. The molecule has 4 aromatic rings. The molecule has 0 bridgehead atoms. The van der Waals surface area contributed by atoms with E-state index in [0.29, 0.717) is 28.7 Å². The summed E-state index contributed by atoms with van der Waals surface area (Å²) in [5.74, 6) is 1.83. The van der Waals surface area contributed by atoms with Gasteiger partial charge in [0.15, 0.2) is 0 Å². The van der Waals surface area contributed by atoms with Gasteiger partial charge in [-0.1, -0.05) is 36.4 Å². The second-order valence-corrected chi connectivity index (χ2v) is 9.03. The van der Waals surface area contributed by atoms with Crippen LogP contribution in [0.5, 0.6) is 11.5 Å². The third-order valence-electron chi connectivity index (χ3n) is 4.46. The number of sulfonamides is 1. The Bertz CT molecular complexity index is 1360. The maximum atomic E-state index is 11.3. The number of benzene rings is 2. The summed E-state index contributed by atoms with van der Waals surface area (Å²) in [6.07, 6.45) is 2.66. The van der Waals surface area contributed by atoms with E-state index >= 15 is 0 Å². The lowest BCUT2D eigenvalue weighted by atomic mass is 10.1. The molecule has 168 valence electrons. The second kappa shape index (κ2) is 9.63. The van der Waals surface area contributed by atoms with Gasteiger partial charge in [0.2, 0.25) is 16.0 Å². The number of hydrogen-bond acceptors (Lipinski definition) is 8. The third kappa shape index (κ3) is 6.48. The van der Waals surface area contributed by atoms with Gasteiger partial charge in [0.25, 0.3) is 0 Å². The lowest BCUT2D eigenvalue weighted by Gasteiger charge is -2.11. The Hall–Kier alpha value is -4.02. The first kappa shape index (κ1) is 22.2. The molecule has 0 spiro atoms. The number of hydrogen-bond donors (Lipinski definition) is 3. The third-order valence-corrected chi connectivity index (χ3v) is 5.13. The number of nitrogens with one attached hydrogen (secondary N) is 2. The topological polar surface area (TPSA) is 132 Å². The highest BCUT2D eigenvalue weighted by molar-refractivity contribution is 7.88. The van der Waals surface area contributed by atoms with Gasteiger partial charge in [0.1, 0.15) is 17.3 Å². The molecule has 0 fully saturated rings. The van der Waals surface area contributed by atoms with Crippen LogP contribution in [0.15, 0.2) is 79.0 Å². The first-order valence-corrected chi connectivity index (χ1v) is 11.9. The van der Waals surface area contributed by atoms with Gasteiger partial charge in [-0.05, 0) is 18.2 Å². The molecule has 9 nitrogen and oxygen atoms in total. The summed E-state index contributed by atoms with van der Waals surface area (Å²) in [7, 11) is -3.31. The minimum atomic E-state index is -3.31. The van der Waals surface area contributed by atoms with Gasteiger partial charge in [-0.2, -0.15) is 4.98 Å². The highest BCUT2D eigenvalue weighted by Gasteiger charge is 2.07. The number of nitrogens with two attached hydrogens (primary N) is 1. The molecule has 0 saturated heterocycles. The summed E-state index contributed by atoms with van der Waals surface area (Å²) in [6, 6.07) is 22.2. The first-order valence-electron chi connectivity index (χ1n) is 9.98. The van der Waals surface area contributed by atoms with E-state index in [2.05, 4.69) is 25.0 Å².